The molecule has 0 spiro atoms. The zero-order valence-electron chi connectivity index (χ0n) is 9.84. The van der Waals surface area contributed by atoms with Gasteiger partial charge in [0, 0.05) is 44.3 Å². The SMILES string of the molecule is CCC1CN(Cc2cnccn2)CCC1N. The summed E-state index contributed by atoms with van der Waals surface area (Å²) in [5, 5.41) is 0. The van der Waals surface area contributed by atoms with Crippen LogP contribution in [-0.4, -0.2) is 34.0 Å². The predicted molar refractivity (Wildman–Crippen MR) is 63.7 cm³/mol. The number of rotatable bonds is 3. The summed E-state index contributed by atoms with van der Waals surface area (Å²) in [5.74, 6) is 0.630. The van der Waals surface area contributed by atoms with Gasteiger partial charge in [-0.15, -0.1) is 0 Å². The quantitative estimate of drug-likeness (QED) is 0.827. The first-order chi connectivity index (χ1) is 7.79. The third-order valence-electron chi connectivity index (χ3n) is 3.40. The summed E-state index contributed by atoms with van der Waals surface area (Å²) in [4.78, 5) is 10.8. The molecule has 0 aliphatic carbocycles. The van der Waals surface area contributed by atoms with Crippen molar-refractivity contribution < 1.29 is 0 Å². The highest BCUT2D eigenvalue weighted by Crippen LogP contribution is 2.19. The van der Waals surface area contributed by atoms with E-state index in [0.717, 1.165) is 38.2 Å². The van der Waals surface area contributed by atoms with E-state index in [1.165, 1.54) is 0 Å². The van der Waals surface area contributed by atoms with Crippen molar-refractivity contribution in [2.45, 2.75) is 32.4 Å². The summed E-state index contributed by atoms with van der Waals surface area (Å²) >= 11 is 0. The Kier molecular flexibility index (Phi) is 3.85. The highest BCUT2D eigenvalue weighted by atomic mass is 15.1. The van der Waals surface area contributed by atoms with Gasteiger partial charge in [-0.1, -0.05) is 13.3 Å². The van der Waals surface area contributed by atoms with Crippen molar-refractivity contribution in [2.75, 3.05) is 13.1 Å². The lowest BCUT2D eigenvalue weighted by Crippen LogP contribution is -2.46. The van der Waals surface area contributed by atoms with E-state index < -0.39 is 0 Å². The molecule has 0 bridgehead atoms. The Balaban J connectivity index is 1.92. The molecule has 1 aromatic heterocycles. The second kappa shape index (κ2) is 5.37. The number of piperidine rings is 1. The first-order valence-corrected chi connectivity index (χ1v) is 6.02. The van der Waals surface area contributed by atoms with Gasteiger partial charge >= 0.3 is 0 Å². The number of hydrogen-bond donors (Lipinski definition) is 1. The van der Waals surface area contributed by atoms with Gasteiger partial charge in [-0.2, -0.15) is 0 Å². The molecule has 16 heavy (non-hydrogen) atoms. The Morgan fingerprint density at radius 3 is 3.06 bits per heavy atom. The van der Waals surface area contributed by atoms with Crippen LogP contribution in [0.5, 0.6) is 0 Å². The van der Waals surface area contributed by atoms with Gasteiger partial charge in [0.1, 0.15) is 0 Å². The molecule has 4 heteroatoms. The van der Waals surface area contributed by atoms with E-state index in [1.54, 1.807) is 12.4 Å². The number of hydrogen-bond acceptors (Lipinski definition) is 4. The number of aromatic nitrogens is 2. The Labute approximate surface area is 96.9 Å². The number of likely N-dealkylation sites (tertiary alicyclic amines) is 1. The molecular formula is C12H20N4. The van der Waals surface area contributed by atoms with Crippen LogP contribution >= 0.6 is 0 Å². The highest BCUT2D eigenvalue weighted by Gasteiger charge is 2.25. The van der Waals surface area contributed by atoms with Crippen molar-refractivity contribution in [3.63, 3.8) is 0 Å². The molecule has 4 nitrogen and oxygen atoms in total. The van der Waals surface area contributed by atoms with Gasteiger partial charge in [0.15, 0.2) is 0 Å². The van der Waals surface area contributed by atoms with E-state index in [2.05, 4.69) is 21.8 Å². The fourth-order valence-electron chi connectivity index (χ4n) is 2.34. The van der Waals surface area contributed by atoms with Gasteiger partial charge in [-0.05, 0) is 12.3 Å². The van der Waals surface area contributed by atoms with E-state index in [4.69, 9.17) is 5.73 Å². The Hall–Kier alpha value is -1.00. The molecule has 2 unspecified atom stereocenters. The molecule has 1 aromatic rings. The lowest BCUT2D eigenvalue weighted by Gasteiger charge is -2.36. The first kappa shape index (κ1) is 11.5. The summed E-state index contributed by atoms with van der Waals surface area (Å²) in [7, 11) is 0. The lowest BCUT2D eigenvalue weighted by atomic mass is 9.91. The third-order valence-corrected chi connectivity index (χ3v) is 3.40. The van der Waals surface area contributed by atoms with Crippen molar-refractivity contribution in [1.82, 2.24) is 14.9 Å². The molecule has 88 valence electrons. The summed E-state index contributed by atoms with van der Waals surface area (Å²) in [6.07, 6.45) is 7.57. The zero-order valence-corrected chi connectivity index (χ0v) is 9.84. The van der Waals surface area contributed by atoms with Crippen LogP contribution in [0, 0.1) is 5.92 Å². The average molecular weight is 220 g/mol. The van der Waals surface area contributed by atoms with Gasteiger partial charge in [0.2, 0.25) is 0 Å². The monoisotopic (exact) mass is 220 g/mol. The van der Waals surface area contributed by atoms with E-state index in [1.807, 2.05) is 6.20 Å². The molecule has 0 radical (unpaired) electrons. The molecular weight excluding hydrogens is 200 g/mol. The normalized spacial score (nSPS) is 26.9. The molecule has 2 heterocycles. The first-order valence-electron chi connectivity index (χ1n) is 6.02. The van der Waals surface area contributed by atoms with Crippen LogP contribution in [-0.2, 0) is 6.54 Å². The lowest BCUT2D eigenvalue weighted by molar-refractivity contribution is 0.144. The molecule has 0 saturated carbocycles. The smallest absolute Gasteiger partial charge is 0.0726 e. The van der Waals surface area contributed by atoms with E-state index in [0.29, 0.717) is 12.0 Å². The molecule has 0 aromatic carbocycles. The summed E-state index contributed by atoms with van der Waals surface area (Å²) in [6.45, 7) is 5.29. The largest absolute Gasteiger partial charge is 0.327 e. The zero-order chi connectivity index (χ0) is 11.4. The molecule has 1 saturated heterocycles. The minimum absolute atomic E-state index is 0.378. The highest BCUT2D eigenvalue weighted by molar-refractivity contribution is 4.95. The van der Waals surface area contributed by atoms with Crippen molar-refractivity contribution >= 4 is 0 Å². The molecule has 1 fully saturated rings. The van der Waals surface area contributed by atoms with Gasteiger partial charge in [0.05, 0.1) is 5.69 Å². The van der Waals surface area contributed by atoms with Crippen LogP contribution in [0.15, 0.2) is 18.6 Å². The summed E-state index contributed by atoms with van der Waals surface area (Å²) in [5.41, 5.74) is 7.14. The van der Waals surface area contributed by atoms with E-state index in [-0.39, 0.29) is 0 Å². The number of nitrogens with zero attached hydrogens (tertiary/aromatic N) is 3. The Morgan fingerprint density at radius 1 is 1.50 bits per heavy atom. The molecule has 0 amide bonds. The van der Waals surface area contributed by atoms with Crippen LogP contribution < -0.4 is 5.73 Å². The minimum atomic E-state index is 0.378. The number of nitrogens with two attached hydrogens (primary N) is 1. The van der Waals surface area contributed by atoms with Crippen molar-refractivity contribution in [3.8, 4) is 0 Å². The van der Waals surface area contributed by atoms with E-state index >= 15 is 0 Å². The van der Waals surface area contributed by atoms with Crippen LogP contribution in [0.3, 0.4) is 0 Å². The van der Waals surface area contributed by atoms with Crippen LogP contribution in [0.4, 0.5) is 0 Å². The maximum atomic E-state index is 6.09. The van der Waals surface area contributed by atoms with Crippen LogP contribution in [0.25, 0.3) is 0 Å². The van der Waals surface area contributed by atoms with Crippen LogP contribution in [0.2, 0.25) is 0 Å². The second-order valence-electron chi connectivity index (χ2n) is 4.55. The molecule has 1 aliphatic rings. The van der Waals surface area contributed by atoms with Crippen molar-refractivity contribution in [1.29, 1.82) is 0 Å². The average Bonchev–Trinajstić information content (AvgIpc) is 2.33. The maximum Gasteiger partial charge on any atom is 0.0726 e. The van der Waals surface area contributed by atoms with Crippen molar-refractivity contribution in [2.24, 2.45) is 11.7 Å². The molecule has 1 aliphatic heterocycles. The summed E-state index contributed by atoms with van der Waals surface area (Å²) < 4.78 is 0. The van der Waals surface area contributed by atoms with Gasteiger partial charge in [-0.25, -0.2) is 0 Å². The van der Waals surface area contributed by atoms with Crippen molar-refractivity contribution in [3.05, 3.63) is 24.3 Å². The third kappa shape index (κ3) is 2.77. The van der Waals surface area contributed by atoms with Gasteiger partial charge < -0.3 is 5.73 Å². The predicted octanol–water partition coefficient (Wildman–Crippen LogP) is 1.04. The fourth-order valence-corrected chi connectivity index (χ4v) is 2.34. The Morgan fingerprint density at radius 2 is 2.38 bits per heavy atom. The van der Waals surface area contributed by atoms with Crippen LogP contribution in [0.1, 0.15) is 25.5 Å². The molecule has 2 atom stereocenters. The topological polar surface area (TPSA) is 55.0 Å². The summed E-state index contributed by atoms with van der Waals surface area (Å²) in [6, 6.07) is 0.378. The standard InChI is InChI=1S/C12H20N4/c1-2-10-8-16(6-3-12(10)13)9-11-7-14-4-5-15-11/h4-5,7,10,12H,2-3,6,8-9,13H2,1H3. The minimum Gasteiger partial charge on any atom is -0.327 e. The van der Waals surface area contributed by atoms with Gasteiger partial charge in [-0.3, -0.25) is 14.9 Å². The van der Waals surface area contributed by atoms with E-state index in [9.17, 15) is 0 Å². The Bertz CT molecular complexity index is 314. The van der Waals surface area contributed by atoms with Gasteiger partial charge in [0.25, 0.3) is 0 Å². The maximum absolute atomic E-state index is 6.09. The molecule has 2 N–H and O–H groups in total. The fraction of sp³-hybridized carbons (Fsp3) is 0.667. The molecule has 2 rings (SSSR count). The second-order valence-corrected chi connectivity index (χ2v) is 4.55.